The van der Waals surface area contributed by atoms with Gasteiger partial charge in [-0.25, -0.2) is 8.78 Å². The molecule has 1 atom stereocenters. The number of furan rings is 1. The molecule has 0 aliphatic rings. The molecule has 2 heterocycles. The number of thioether (sulfide) groups is 1. The number of carbonyl (C=O) groups is 1. The van der Waals surface area contributed by atoms with Crippen LogP contribution in [0.5, 0.6) is 0 Å². The molecule has 1 N–H and O–H groups in total. The average Bonchev–Trinajstić information content (AvgIpc) is 3.19. The largest absolute Gasteiger partial charge is 0.469 e. The number of nitrogens with zero attached hydrogens (tertiary/aromatic N) is 2. The highest BCUT2D eigenvalue weighted by atomic mass is 32.2. The van der Waals surface area contributed by atoms with Crippen LogP contribution in [0.4, 0.5) is 14.5 Å². The van der Waals surface area contributed by atoms with Crippen molar-refractivity contribution in [3.8, 4) is 11.5 Å². The fraction of sp³-hybridized carbons (Fsp3) is 0.188. The van der Waals surface area contributed by atoms with Gasteiger partial charge in [-0.05, 0) is 32.0 Å². The lowest BCUT2D eigenvalue weighted by molar-refractivity contribution is -0.115. The van der Waals surface area contributed by atoms with E-state index in [0.29, 0.717) is 11.3 Å². The van der Waals surface area contributed by atoms with Gasteiger partial charge in [0.1, 0.15) is 23.1 Å². The van der Waals surface area contributed by atoms with Crippen LogP contribution in [0.25, 0.3) is 11.5 Å². The predicted molar refractivity (Wildman–Crippen MR) is 87.0 cm³/mol. The van der Waals surface area contributed by atoms with Gasteiger partial charge in [-0.3, -0.25) is 4.79 Å². The minimum absolute atomic E-state index is 0.159. The summed E-state index contributed by atoms with van der Waals surface area (Å²) in [6.45, 7) is 3.32. The number of para-hydroxylation sites is 1. The number of hydrogen-bond acceptors (Lipinski definition) is 6. The molecule has 6 nitrogen and oxygen atoms in total. The summed E-state index contributed by atoms with van der Waals surface area (Å²) < 4.78 is 37.8. The molecule has 0 aliphatic heterocycles. The zero-order valence-corrected chi connectivity index (χ0v) is 14.1. The molecular formula is C16H13F2N3O3S. The first-order valence-electron chi connectivity index (χ1n) is 7.25. The van der Waals surface area contributed by atoms with Crippen LogP contribution in [0.15, 0.2) is 44.6 Å². The van der Waals surface area contributed by atoms with E-state index < -0.39 is 28.5 Å². The molecule has 1 aromatic carbocycles. The molecule has 3 rings (SSSR count). The van der Waals surface area contributed by atoms with E-state index in [1.165, 1.54) is 12.3 Å². The summed E-state index contributed by atoms with van der Waals surface area (Å²) in [5, 5.41) is 9.43. The van der Waals surface area contributed by atoms with E-state index in [9.17, 15) is 13.6 Å². The van der Waals surface area contributed by atoms with E-state index in [1.807, 2.05) is 0 Å². The number of nitrogens with one attached hydrogen (secondary N) is 1. The summed E-state index contributed by atoms with van der Waals surface area (Å²) in [6.07, 6.45) is 1.50. The minimum Gasteiger partial charge on any atom is -0.469 e. The van der Waals surface area contributed by atoms with E-state index >= 15 is 0 Å². The van der Waals surface area contributed by atoms with Crippen molar-refractivity contribution in [3.05, 3.63) is 47.9 Å². The Labute approximate surface area is 145 Å². The van der Waals surface area contributed by atoms with Gasteiger partial charge in [0, 0.05) is 0 Å². The predicted octanol–water partition coefficient (Wildman–Crippen LogP) is 4.04. The minimum atomic E-state index is -0.846. The van der Waals surface area contributed by atoms with Gasteiger partial charge in [0.05, 0.1) is 17.1 Å². The van der Waals surface area contributed by atoms with E-state index in [4.69, 9.17) is 8.83 Å². The summed E-state index contributed by atoms with van der Waals surface area (Å²) in [7, 11) is 0. The van der Waals surface area contributed by atoms with Crippen molar-refractivity contribution in [2.75, 3.05) is 5.32 Å². The second-order valence-electron chi connectivity index (χ2n) is 5.11. The number of aryl methyl sites for hydroxylation is 1. The van der Waals surface area contributed by atoms with Crippen molar-refractivity contribution < 1.29 is 22.4 Å². The van der Waals surface area contributed by atoms with Gasteiger partial charge >= 0.3 is 0 Å². The van der Waals surface area contributed by atoms with Crippen molar-refractivity contribution in [1.82, 2.24) is 10.2 Å². The van der Waals surface area contributed by atoms with Crippen molar-refractivity contribution in [3.63, 3.8) is 0 Å². The SMILES string of the molecule is Cc1occc1-c1nnc(S[C@H](C)C(=O)Nc2c(F)cccc2F)o1. The van der Waals surface area contributed by atoms with Crippen molar-refractivity contribution in [2.24, 2.45) is 0 Å². The number of aromatic nitrogens is 2. The van der Waals surface area contributed by atoms with E-state index in [2.05, 4.69) is 15.5 Å². The lowest BCUT2D eigenvalue weighted by Crippen LogP contribution is -2.23. The van der Waals surface area contributed by atoms with Gasteiger partial charge in [-0.2, -0.15) is 0 Å². The fourth-order valence-corrected chi connectivity index (χ4v) is 2.70. The standard InChI is InChI=1S/C16H13F2N3O3S/c1-8-10(6-7-23-8)15-20-21-16(24-15)25-9(2)14(22)19-13-11(17)4-3-5-12(13)18/h3-7,9H,1-2H3,(H,19,22)/t9-/m1/s1. The molecule has 2 aromatic heterocycles. The summed E-state index contributed by atoms with van der Waals surface area (Å²) in [5.41, 5.74) is 0.171. The first kappa shape index (κ1) is 17.2. The molecule has 25 heavy (non-hydrogen) atoms. The molecule has 0 spiro atoms. The molecule has 0 aliphatic carbocycles. The van der Waals surface area contributed by atoms with Crippen LogP contribution in [-0.4, -0.2) is 21.4 Å². The maximum Gasteiger partial charge on any atom is 0.277 e. The Morgan fingerprint density at radius 3 is 2.60 bits per heavy atom. The second-order valence-corrected chi connectivity index (χ2v) is 6.40. The molecule has 0 unspecified atom stereocenters. The molecule has 1 amide bonds. The van der Waals surface area contributed by atoms with Crippen LogP contribution < -0.4 is 5.32 Å². The number of carbonyl (C=O) groups excluding carboxylic acids is 1. The van der Waals surface area contributed by atoms with Crippen LogP contribution >= 0.6 is 11.8 Å². The van der Waals surface area contributed by atoms with Crippen LogP contribution in [-0.2, 0) is 4.79 Å². The highest BCUT2D eigenvalue weighted by Crippen LogP contribution is 2.29. The highest BCUT2D eigenvalue weighted by Gasteiger charge is 2.21. The van der Waals surface area contributed by atoms with Gasteiger partial charge in [0.25, 0.3) is 11.1 Å². The third-order valence-corrected chi connectivity index (χ3v) is 4.29. The topological polar surface area (TPSA) is 81.2 Å². The number of amides is 1. The van der Waals surface area contributed by atoms with Gasteiger partial charge in [-0.1, -0.05) is 17.8 Å². The summed E-state index contributed by atoms with van der Waals surface area (Å²) in [6, 6.07) is 5.03. The molecule has 0 radical (unpaired) electrons. The summed E-state index contributed by atoms with van der Waals surface area (Å²) >= 11 is 0.979. The zero-order chi connectivity index (χ0) is 18.0. The number of hydrogen-bond donors (Lipinski definition) is 1. The van der Waals surface area contributed by atoms with Gasteiger partial charge in [-0.15, -0.1) is 10.2 Å². The first-order valence-corrected chi connectivity index (χ1v) is 8.13. The Bertz CT molecular complexity index is 889. The molecule has 0 fully saturated rings. The third kappa shape index (κ3) is 3.71. The van der Waals surface area contributed by atoms with Gasteiger partial charge < -0.3 is 14.2 Å². The Kier molecular flexibility index (Phi) is 4.84. The highest BCUT2D eigenvalue weighted by molar-refractivity contribution is 8.00. The lowest BCUT2D eigenvalue weighted by Gasteiger charge is -2.11. The number of anilines is 1. The zero-order valence-electron chi connectivity index (χ0n) is 13.2. The van der Waals surface area contributed by atoms with Crippen LogP contribution in [0, 0.1) is 18.6 Å². The first-order chi connectivity index (χ1) is 12.0. The summed E-state index contributed by atoms with van der Waals surface area (Å²) in [5.74, 6) is -1.39. The Morgan fingerprint density at radius 2 is 1.96 bits per heavy atom. The van der Waals surface area contributed by atoms with Gasteiger partial charge in [0.15, 0.2) is 0 Å². The van der Waals surface area contributed by atoms with Crippen molar-refractivity contribution >= 4 is 23.4 Å². The normalized spacial score (nSPS) is 12.2. The molecule has 0 saturated carbocycles. The summed E-state index contributed by atoms with van der Waals surface area (Å²) in [4.78, 5) is 12.1. The monoisotopic (exact) mass is 365 g/mol. The Balaban J connectivity index is 1.68. The second kappa shape index (κ2) is 7.06. The van der Waals surface area contributed by atoms with E-state index in [1.54, 1.807) is 19.9 Å². The van der Waals surface area contributed by atoms with Crippen LogP contribution in [0.3, 0.4) is 0 Å². The quantitative estimate of drug-likeness (QED) is 0.688. The molecular weight excluding hydrogens is 352 g/mol. The lowest BCUT2D eigenvalue weighted by atomic mass is 10.3. The molecule has 0 bridgehead atoms. The van der Waals surface area contributed by atoms with Gasteiger partial charge in [0.2, 0.25) is 5.91 Å². The molecule has 3 aromatic rings. The number of rotatable bonds is 5. The maximum absolute atomic E-state index is 13.6. The molecule has 9 heteroatoms. The third-order valence-electron chi connectivity index (χ3n) is 3.35. The number of benzene rings is 1. The van der Waals surface area contributed by atoms with Crippen molar-refractivity contribution in [2.45, 2.75) is 24.3 Å². The maximum atomic E-state index is 13.6. The average molecular weight is 365 g/mol. The number of halogens is 2. The van der Waals surface area contributed by atoms with E-state index in [-0.39, 0.29) is 11.1 Å². The molecule has 130 valence electrons. The Hall–Kier alpha value is -2.68. The molecule has 0 saturated heterocycles. The van der Waals surface area contributed by atoms with Crippen LogP contribution in [0.1, 0.15) is 12.7 Å². The van der Waals surface area contributed by atoms with E-state index in [0.717, 1.165) is 23.9 Å². The smallest absolute Gasteiger partial charge is 0.277 e. The Morgan fingerprint density at radius 1 is 1.24 bits per heavy atom. The fourth-order valence-electron chi connectivity index (χ4n) is 2.02. The van der Waals surface area contributed by atoms with Crippen LogP contribution in [0.2, 0.25) is 0 Å². The van der Waals surface area contributed by atoms with Crippen molar-refractivity contribution in [1.29, 1.82) is 0 Å².